The molecule has 1 N–H and O–H groups in total. The van der Waals surface area contributed by atoms with E-state index in [1.807, 2.05) is 26.8 Å². The highest BCUT2D eigenvalue weighted by Crippen LogP contribution is 2.30. The van der Waals surface area contributed by atoms with Gasteiger partial charge >= 0.3 is 5.97 Å². The smallest absolute Gasteiger partial charge is 0.306 e. The molecule has 3 heteroatoms. The molecule has 1 rings (SSSR count). The molecule has 15 heavy (non-hydrogen) atoms. The van der Waals surface area contributed by atoms with E-state index in [-0.39, 0.29) is 11.7 Å². The first-order valence-electron chi connectivity index (χ1n) is 5.29. The van der Waals surface area contributed by atoms with Crippen LogP contribution >= 0.6 is 0 Å². The lowest BCUT2D eigenvalue weighted by Gasteiger charge is -2.24. The molecule has 1 aliphatic rings. The molecule has 0 fully saturated rings. The Morgan fingerprint density at radius 2 is 2.00 bits per heavy atom. The summed E-state index contributed by atoms with van der Waals surface area (Å²) in [7, 11) is 0. The summed E-state index contributed by atoms with van der Waals surface area (Å²) in [5.74, 6) is -1.09. The molecule has 0 aromatic rings. The third-order valence-electron chi connectivity index (χ3n) is 2.69. The average molecular weight is 210 g/mol. The highest BCUT2D eigenvalue weighted by atomic mass is 16.4. The van der Waals surface area contributed by atoms with E-state index in [2.05, 4.69) is 0 Å². The van der Waals surface area contributed by atoms with Gasteiger partial charge in [0.05, 0.1) is 5.92 Å². The molecule has 84 valence electrons. The fourth-order valence-electron chi connectivity index (χ4n) is 1.79. The minimum atomic E-state index is -0.790. The number of carboxylic acids is 1. The molecule has 1 aliphatic carbocycles. The SMILES string of the molecule is CC(C)(C)C(=O)C1=CCC[C@@H](C(=O)O)C1. The molecule has 0 heterocycles. The van der Waals surface area contributed by atoms with Crippen LogP contribution in [0.2, 0.25) is 0 Å². The van der Waals surface area contributed by atoms with Crippen LogP contribution in [-0.2, 0) is 9.59 Å². The molecular weight excluding hydrogens is 192 g/mol. The molecule has 0 saturated carbocycles. The quantitative estimate of drug-likeness (QED) is 0.761. The highest BCUT2D eigenvalue weighted by molar-refractivity contribution is 5.99. The van der Waals surface area contributed by atoms with Gasteiger partial charge in [0.1, 0.15) is 0 Å². The lowest BCUT2D eigenvalue weighted by Crippen LogP contribution is -2.27. The second-order valence-corrected chi connectivity index (χ2v) is 5.13. The molecule has 0 aromatic heterocycles. The van der Waals surface area contributed by atoms with Crippen molar-refractivity contribution in [3.8, 4) is 0 Å². The number of rotatable bonds is 2. The van der Waals surface area contributed by atoms with Gasteiger partial charge in [0.15, 0.2) is 5.78 Å². The van der Waals surface area contributed by atoms with Crippen LogP contribution in [-0.4, -0.2) is 16.9 Å². The number of carbonyl (C=O) groups is 2. The van der Waals surface area contributed by atoms with Crippen LogP contribution in [0.5, 0.6) is 0 Å². The third kappa shape index (κ3) is 2.91. The normalized spacial score (nSPS) is 22.1. The van der Waals surface area contributed by atoms with Crippen molar-refractivity contribution in [1.29, 1.82) is 0 Å². The topological polar surface area (TPSA) is 54.4 Å². The van der Waals surface area contributed by atoms with E-state index >= 15 is 0 Å². The average Bonchev–Trinajstić information content (AvgIpc) is 2.15. The van der Waals surface area contributed by atoms with Gasteiger partial charge in [0.2, 0.25) is 0 Å². The number of carbonyl (C=O) groups excluding carboxylic acids is 1. The van der Waals surface area contributed by atoms with Crippen molar-refractivity contribution < 1.29 is 14.7 Å². The molecule has 0 aliphatic heterocycles. The monoisotopic (exact) mass is 210 g/mol. The van der Waals surface area contributed by atoms with Gasteiger partial charge in [-0.2, -0.15) is 0 Å². The zero-order valence-electron chi connectivity index (χ0n) is 9.54. The highest BCUT2D eigenvalue weighted by Gasteiger charge is 2.30. The summed E-state index contributed by atoms with van der Waals surface area (Å²) in [6.45, 7) is 5.58. The number of hydrogen-bond donors (Lipinski definition) is 1. The maximum absolute atomic E-state index is 11.9. The molecule has 0 aromatic carbocycles. The molecule has 3 nitrogen and oxygen atoms in total. The van der Waals surface area contributed by atoms with Crippen molar-refractivity contribution in [2.45, 2.75) is 40.0 Å². The number of aliphatic carboxylic acids is 1. The van der Waals surface area contributed by atoms with E-state index in [0.29, 0.717) is 24.8 Å². The standard InChI is InChI=1S/C12H18O3/c1-12(2,3)10(13)8-5-4-6-9(7-8)11(14)15/h5,9H,4,6-7H2,1-3H3,(H,14,15)/t9-/m1/s1. The van der Waals surface area contributed by atoms with Crippen LogP contribution in [0.15, 0.2) is 11.6 Å². The van der Waals surface area contributed by atoms with E-state index in [9.17, 15) is 9.59 Å². The predicted molar refractivity (Wildman–Crippen MR) is 57.5 cm³/mol. The van der Waals surface area contributed by atoms with E-state index in [1.165, 1.54) is 0 Å². The number of carboxylic acid groups (broad SMARTS) is 1. The van der Waals surface area contributed by atoms with E-state index in [4.69, 9.17) is 5.11 Å². The molecule has 0 saturated heterocycles. The second-order valence-electron chi connectivity index (χ2n) is 5.13. The Kier molecular flexibility index (Phi) is 3.32. The van der Waals surface area contributed by atoms with Crippen LogP contribution in [0.1, 0.15) is 40.0 Å². The summed E-state index contributed by atoms with van der Waals surface area (Å²) in [4.78, 5) is 22.8. The van der Waals surface area contributed by atoms with Crippen LogP contribution in [0.25, 0.3) is 0 Å². The zero-order valence-corrected chi connectivity index (χ0v) is 9.54. The van der Waals surface area contributed by atoms with Gasteiger partial charge in [-0.15, -0.1) is 0 Å². The fraction of sp³-hybridized carbons (Fsp3) is 0.667. The van der Waals surface area contributed by atoms with Gasteiger partial charge in [0, 0.05) is 5.41 Å². The van der Waals surface area contributed by atoms with Crippen molar-refractivity contribution in [2.24, 2.45) is 11.3 Å². The summed E-state index contributed by atoms with van der Waals surface area (Å²) in [5.41, 5.74) is 0.285. The Bertz CT molecular complexity index is 307. The Morgan fingerprint density at radius 1 is 1.40 bits per heavy atom. The lowest BCUT2D eigenvalue weighted by atomic mass is 9.79. The molecule has 0 spiro atoms. The summed E-state index contributed by atoms with van der Waals surface area (Å²) in [6.07, 6.45) is 3.64. The Balaban J connectivity index is 2.77. The summed E-state index contributed by atoms with van der Waals surface area (Å²) < 4.78 is 0. The molecule has 0 bridgehead atoms. The summed E-state index contributed by atoms with van der Waals surface area (Å²) >= 11 is 0. The Hall–Kier alpha value is -1.12. The summed E-state index contributed by atoms with van der Waals surface area (Å²) in [6, 6.07) is 0. The number of hydrogen-bond acceptors (Lipinski definition) is 2. The molecular formula is C12H18O3. The first kappa shape index (κ1) is 12.0. The molecule has 0 amide bonds. The van der Waals surface area contributed by atoms with Crippen LogP contribution in [0.4, 0.5) is 0 Å². The Morgan fingerprint density at radius 3 is 2.47 bits per heavy atom. The minimum absolute atomic E-state index is 0.0773. The zero-order chi connectivity index (χ0) is 11.6. The van der Waals surface area contributed by atoms with E-state index < -0.39 is 11.4 Å². The maximum Gasteiger partial charge on any atom is 0.306 e. The van der Waals surface area contributed by atoms with Gasteiger partial charge in [-0.05, 0) is 24.8 Å². The van der Waals surface area contributed by atoms with Crippen LogP contribution < -0.4 is 0 Å². The molecule has 1 atom stereocenters. The molecule has 0 radical (unpaired) electrons. The van der Waals surface area contributed by atoms with E-state index in [0.717, 1.165) is 0 Å². The molecule has 0 unspecified atom stereocenters. The fourth-order valence-corrected chi connectivity index (χ4v) is 1.79. The van der Waals surface area contributed by atoms with Gasteiger partial charge < -0.3 is 5.11 Å². The summed E-state index contributed by atoms with van der Waals surface area (Å²) in [5, 5.41) is 8.90. The number of allylic oxidation sites excluding steroid dienone is 2. The van der Waals surface area contributed by atoms with Crippen LogP contribution in [0, 0.1) is 11.3 Å². The lowest BCUT2D eigenvalue weighted by molar-refractivity contribution is -0.142. The van der Waals surface area contributed by atoms with Gasteiger partial charge in [-0.25, -0.2) is 0 Å². The van der Waals surface area contributed by atoms with Gasteiger partial charge in [-0.3, -0.25) is 9.59 Å². The Labute approximate surface area is 90.2 Å². The first-order chi connectivity index (χ1) is 6.82. The van der Waals surface area contributed by atoms with Crippen molar-refractivity contribution in [1.82, 2.24) is 0 Å². The second kappa shape index (κ2) is 4.17. The largest absolute Gasteiger partial charge is 0.481 e. The van der Waals surface area contributed by atoms with Crippen LogP contribution in [0.3, 0.4) is 0 Å². The number of ketones is 1. The maximum atomic E-state index is 11.9. The van der Waals surface area contributed by atoms with Crippen molar-refractivity contribution in [3.05, 3.63) is 11.6 Å². The third-order valence-corrected chi connectivity index (χ3v) is 2.69. The number of Topliss-reactive ketones (excluding diaryl/α,β-unsaturated/α-hetero) is 1. The van der Waals surface area contributed by atoms with Crippen molar-refractivity contribution in [3.63, 3.8) is 0 Å². The van der Waals surface area contributed by atoms with E-state index in [1.54, 1.807) is 0 Å². The first-order valence-corrected chi connectivity index (χ1v) is 5.29. The van der Waals surface area contributed by atoms with Crippen molar-refractivity contribution in [2.75, 3.05) is 0 Å². The van der Waals surface area contributed by atoms with Gasteiger partial charge in [0.25, 0.3) is 0 Å². The van der Waals surface area contributed by atoms with Gasteiger partial charge in [-0.1, -0.05) is 26.8 Å². The van der Waals surface area contributed by atoms with Crippen molar-refractivity contribution >= 4 is 11.8 Å². The minimum Gasteiger partial charge on any atom is -0.481 e. The predicted octanol–water partition coefficient (Wildman–Crippen LogP) is 2.41.